The molecule has 0 saturated heterocycles. The van der Waals surface area contributed by atoms with E-state index in [2.05, 4.69) is 10.3 Å². The van der Waals surface area contributed by atoms with Gasteiger partial charge in [0.1, 0.15) is 5.82 Å². The Morgan fingerprint density at radius 2 is 2.14 bits per heavy atom. The second kappa shape index (κ2) is 6.96. The molecule has 7 heteroatoms. The number of anilines is 1. The van der Waals surface area contributed by atoms with Crippen molar-refractivity contribution < 1.29 is 14.4 Å². The largest absolute Gasteiger partial charge is 0.382 e. The molecule has 7 nitrogen and oxygen atoms in total. The molecular weight excluding hydrogens is 274 g/mol. The van der Waals surface area contributed by atoms with Gasteiger partial charge in [-0.05, 0) is 18.2 Å². The van der Waals surface area contributed by atoms with Crippen molar-refractivity contribution in [2.75, 3.05) is 32.7 Å². The maximum atomic E-state index is 10.7. The Kier molecular flexibility index (Phi) is 5.02. The molecule has 0 spiro atoms. The average Bonchev–Trinajstić information content (AvgIpc) is 2.50. The summed E-state index contributed by atoms with van der Waals surface area (Å²) in [5.41, 5.74) is 0.760. The van der Waals surface area contributed by atoms with Gasteiger partial charge in [0.15, 0.2) is 0 Å². The van der Waals surface area contributed by atoms with Crippen molar-refractivity contribution >= 4 is 22.4 Å². The summed E-state index contributed by atoms with van der Waals surface area (Å²) in [6.45, 7) is 1.05. The highest BCUT2D eigenvalue weighted by Crippen LogP contribution is 2.21. The molecule has 1 aromatic heterocycles. The highest BCUT2D eigenvalue weighted by molar-refractivity contribution is 5.82. The Morgan fingerprint density at radius 3 is 2.81 bits per heavy atom. The minimum absolute atomic E-state index is 0.0598. The van der Waals surface area contributed by atoms with Crippen LogP contribution < -0.4 is 5.32 Å². The van der Waals surface area contributed by atoms with Gasteiger partial charge in [0.05, 0.1) is 23.2 Å². The van der Waals surface area contributed by atoms with Crippen molar-refractivity contribution in [2.45, 2.75) is 6.10 Å². The fourth-order valence-electron chi connectivity index (χ4n) is 1.94. The number of fused-ring (bicyclic) bond motifs is 1. The fourth-order valence-corrected chi connectivity index (χ4v) is 1.94. The number of hydrogen-bond acceptors (Lipinski definition) is 6. The van der Waals surface area contributed by atoms with E-state index >= 15 is 0 Å². The third-order valence-electron chi connectivity index (χ3n) is 3.08. The highest BCUT2D eigenvalue weighted by Gasteiger charge is 2.09. The molecule has 0 saturated carbocycles. The number of ether oxygens (including phenoxy) is 2. The Hall–Kier alpha value is -2.25. The van der Waals surface area contributed by atoms with E-state index in [-0.39, 0.29) is 11.8 Å². The first-order valence-corrected chi connectivity index (χ1v) is 6.45. The SMILES string of the molecule is COCC(CNc1ccc2cc([N+](=O)[O-])ccc2n1)OC. The molecule has 1 atom stereocenters. The standard InChI is InChI=1S/C14H17N3O4/c1-20-9-12(21-2)8-15-14-6-3-10-7-11(17(18)19)4-5-13(10)16-14/h3-7,12H,8-9H2,1-2H3,(H,15,16). The molecule has 0 fully saturated rings. The zero-order valence-corrected chi connectivity index (χ0v) is 11.9. The zero-order chi connectivity index (χ0) is 15.2. The van der Waals surface area contributed by atoms with E-state index in [1.54, 1.807) is 32.4 Å². The lowest BCUT2D eigenvalue weighted by Crippen LogP contribution is -2.26. The highest BCUT2D eigenvalue weighted by atomic mass is 16.6. The van der Waals surface area contributed by atoms with E-state index < -0.39 is 4.92 Å². The van der Waals surface area contributed by atoms with Gasteiger partial charge in [-0.15, -0.1) is 0 Å². The number of aromatic nitrogens is 1. The molecule has 21 heavy (non-hydrogen) atoms. The molecule has 2 aromatic rings. The first-order chi connectivity index (χ1) is 10.1. The molecule has 0 aliphatic rings. The fraction of sp³-hybridized carbons (Fsp3) is 0.357. The summed E-state index contributed by atoms with van der Waals surface area (Å²) in [6, 6.07) is 8.18. The minimum Gasteiger partial charge on any atom is -0.382 e. The van der Waals surface area contributed by atoms with Crippen LogP contribution in [-0.4, -0.2) is 43.4 Å². The summed E-state index contributed by atoms with van der Waals surface area (Å²) in [4.78, 5) is 14.7. The number of methoxy groups -OCH3 is 2. The first kappa shape index (κ1) is 15.1. The molecular formula is C14H17N3O4. The van der Waals surface area contributed by atoms with Gasteiger partial charge in [0.25, 0.3) is 5.69 Å². The predicted molar refractivity (Wildman–Crippen MR) is 79.6 cm³/mol. The van der Waals surface area contributed by atoms with Gasteiger partial charge in [0.2, 0.25) is 0 Å². The second-order valence-electron chi connectivity index (χ2n) is 4.52. The van der Waals surface area contributed by atoms with E-state index in [0.717, 1.165) is 5.39 Å². The molecule has 1 aromatic carbocycles. The van der Waals surface area contributed by atoms with Gasteiger partial charge < -0.3 is 14.8 Å². The van der Waals surface area contributed by atoms with E-state index in [0.29, 0.717) is 24.5 Å². The number of hydrogen-bond donors (Lipinski definition) is 1. The molecule has 0 aliphatic heterocycles. The van der Waals surface area contributed by atoms with Gasteiger partial charge in [-0.2, -0.15) is 0 Å². The van der Waals surface area contributed by atoms with Crippen LogP contribution in [-0.2, 0) is 9.47 Å². The van der Waals surface area contributed by atoms with Crippen molar-refractivity contribution in [3.63, 3.8) is 0 Å². The molecule has 0 radical (unpaired) electrons. The Labute approximate surface area is 122 Å². The van der Waals surface area contributed by atoms with Gasteiger partial charge in [-0.3, -0.25) is 10.1 Å². The van der Waals surface area contributed by atoms with Gasteiger partial charge in [-0.1, -0.05) is 0 Å². The number of rotatable bonds is 7. The Morgan fingerprint density at radius 1 is 1.33 bits per heavy atom. The van der Waals surface area contributed by atoms with Crippen LogP contribution in [0.2, 0.25) is 0 Å². The topological polar surface area (TPSA) is 86.5 Å². The summed E-state index contributed by atoms with van der Waals surface area (Å²) < 4.78 is 10.3. The average molecular weight is 291 g/mol. The van der Waals surface area contributed by atoms with Crippen LogP contribution in [0.4, 0.5) is 11.5 Å². The Balaban J connectivity index is 2.12. The van der Waals surface area contributed by atoms with Crippen LogP contribution in [0.25, 0.3) is 10.9 Å². The number of nitro groups is 1. The summed E-state index contributed by atoms with van der Waals surface area (Å²) in [6.07, 6.45) is -0.0654. The summed E-state index contributed by atoms with van der Waals surface area (Å²) in [5.74, 6) is 0.689. The second-order valence-corrected chi connectivity index (χ2v) is 4.52. The lowest BCUT2D eigenvalue weighted by molar-refractivity contribution is -0.384. The number of nitrogens with zero attached hydrogens (tertiary/aromatic N) is 2. The van der Waals surface area contributed by atoms with Crippen LogP contribution in [0, 0.1) is 10.1 Å². The van der Waals surface area contributed by atoms with Crippen LogP contribution in [0.5, 0.6) is 0 Å². The quantitative estimate of drug-likeness (QED) is 0.621. The summed E-state index contributed by atoms with van der Waals surface area (Å²) >= 11 is 0. The van der Waals surface area contributed by atoms with Gasteiger partial charge in [0, 0.05) is 38.3 Å². The van der Waals surface area contributed by atoms with Gasteiger partial charge >= 0.3 is 0 Å². The van der Waals surface area contributed by atoms with Crippen LogP contribution in [0.15, 0.2) is 30.3 Å². The molecule has 2 rings (SSSR count). The van der Waals surface area contributed by atoms with Crippen molar-refractivity contribution in [1.82, 2.24) is 4.98 Å². The predicted octanol–water partition coefficient (Wildman–Crippen LogP) is 2.22. The monoisotopic (exact) mass is 291 g/mol. The van der Waals surface area contributed by atoms with Gasteiger partial charge in [-0.25, -0.2) is 4.98 Å². The number of benzene rings is 1. The lowest BCUT2D eigenvalue weighted by Gasteiger charge is -2.15. The van der Waals surface area contributed by atoms with Crippen molar-refractivity contribution in [3.8, 4) is 0 Å². The van der Waals surface area contributed by atoms with Crippen molar-refractivity contribution in [2.24, 2.45) is 0 Å². The zero-order valence-electron chi connectivity index (χ0n) is 11.9. The number of pyridine rings is 1. The first-order valence-electron chi connectivity index (χ1n) is 6.45. The van der Waals surface area contributed by atoms with Crippen LogP contribution >= 0.6 is 0 Å². The number of non-ortho nitro benzene ring substituents is 1. The molecule has 0 bridgehead atoms. The van der Waals surface area contributed by atoms with Crippen molar-refractivity contribution in [1.29, 1.82) is 0 Å². The summed E-state index contributed by atoms with van der Waals surface area (Å²) in [5, 5.41) is 14.6. The van der Waals surface area contributed by atoms with Crippen LogP contribution in [0.1, 0.15) is 0 Å². The van der Waals surface area contributed by atoms with Crippen LogP contribution in [0.3, 0.4) is 0 Å². The van der Waals surface area contributed by atoms with E-state index in [1.807, 2.05) is 0 Å². The van der Waals surface area contributed by atoms with Crippen molar-refractivity contribution in [3.05, 3.63) is 40.4 Å². The molecule has 112 valence electrons. The normalized spacial score (nSPS) is 12.3. The van der Waals surface area contributed by atoms with E-state index in [1.165, 1.54) is 12.1 Å². The molecule has 1 N–H and O–H groups in total. The number of nitrogens with one attached hydrogen (secondary N) is 1. The summed E-state index contributed by atoms with van der Waals surface area (Å²) in [7, 11) is 3.24. The minimum atomic E-state index is -0.417. The molecule has 0 amide bonds. The van der Waals surface area contributed by atoms with E-state index in [4.69, 9.17) is 9.47 Å². The Bertz CT molecular complexity index is 633. The maximum Gasteiger partial charge on any atom is 0.270 e. The molecule has 0 aliphatic carbocycles. The molecule has 1 unspecified atom stereocenters. The maximum absolute atomic E-state index is 10.7. The lowest BCUT2D eigenvalue weighted by atomic mass is 10.2. The van der Waals surface area contributed by atoms with E-state index in [9.17, 15) is 10.1 Å². The number of nitro benzene ring substituents is 1. The smallest absolute Gasteiger partial charge is 0.270 e. The molecule has 1 heterocycles. The third kappa shape index (κ3) is 3.87. The third-order valence-corrected chi connectivity index (χ3v) is 3.08.